The van der Waals surface area contributed by atoms with Gasteiger partial charge in [-0.3, -0.25) is 9.59 Å². The summed E-state index contributed by atoms with van der Waals surface area (Å²) in [5.74, 6) is 1.33. The summed E-state index contributed by atoms with van der Waals surface area (Å²) in [4.78, 5) is 31.9. The van der Waals surface area contributed by atoms with Crippen LogP contribution in [-0.2, 0) is 4.79 Å². The molecule has 2 amide bonds. The van der Waals surface area contributed by atoms with Gasteiger partial charge in [0.15, 0.2) is 5.82 Å². The Balaban J connectivity index is 1.36. The largest absolute Gasteiger partial charge is 0.497 e. The molecule has 0 radical (unpaired) electrons. The number of anilines is 1. The van der Waals surface area contributed by atoms with E-state index < -0.39 is 0 Å². The Morgan fingerprint density at radius 1 is 1.03 bits per heavy atom. The third-order valence-corrected chi connectivity index (χ3v) is 7.00. The number of carbonyl (C=O) groups excluding carboxylic acids is 2. The molecule has 1 atom stereocenters. The summed E-state index contributed by atoms with van der Waals surface area (Å²) in [6, 6.07) is 18.3. The van der Waals surface area contributed by atoms with E-state index in [9.17, 15) is 9.59 Å². The fraction of sp³-hybridized carbons (Fsp3) is 0.357. The number of methoxy groups -OCH3 is 1. The lowest BCUT2D eigenvalue weighted by Gasteiger charge is -2.37. The molecule has 9 heteroatoms. The van der Waals surface area contributed by atoms with E-state index >= 15 is 0 Å². The smallest absolute Gasteiger partial charge is 0.254 e. The molecule has 37 heavy (non-hydrogen) atoms. The average Bonchev–Trinajstić information content (AvgIpc) is 2.95. The highest BCUT2D eigenvalue weighted by Crippen LogP contribution is 2.23. The van der Waals surface area contributed by atoms with Gasteiger partial charge < -0.3 is 19.4 Å². The summed E-state index contributed by atoms with van der Waals surface area (Å²) in [7, 11) is 1.64. The van der Waals surface area contributed by atoms with Gasteiger partial charge in [-0.05, 0) is 61.9 Å². The second kappa shape index (κ2) is 12.1. The molecular weight excluding hydrogens is 490 g/mol. The van der Waals surface area contributed by atoms with Crippen molar-refractivity contribution in [2.24, 2.45) is 0 Å². The SMILES string of the molecule is CC[C@@H](C)N(CC(=O)N1CCN(c2ccc(-c3cccc(OC)c3)nn2)CC1)C(=O)c1ccc(Cl)cc1. The van der Waals surface area contributed by atoms with Gasteiger partial charge in [0.2, 0.25) is 5.91 Å². The lowest BCUT2D eigenvalue weighted by atomic mass is 10.1. The highest BCUT2D eigenvalue weighted by molar-refractivity contribution is 6.30. The maximum Gasteiger partial charge on any atom is 0.254 e. The van der Waals surface area contributed by atoms with Crippen LogP contribution in [0.2, 0.25) is 5.02 Å². The van der Waals surface area contributed by atoms with Gasteiger partial charge in [-0.1, -0.05) is 30.7 Å². The second-order valence-corrected chi connectivity index (χ2v) is 9.51. The summed E-state index contributed by atoms with van der Waals surface area (Å²) in [5, 5.41) is 9.38. The fourth-order valence-corrected chi connectivity index (χ4v) is 4.39. The zero-order valence-corrected chi connectivity index (χ0v) is 22.2. The summed E-state index contributed by atoms with van der Waals surface area (Å²) < 4.78 is 5.29. The quantitative estimate of drug-likeness (QED) is 0.437. The first-order valence-electron chi connectivity index (χ1n) is 12.5. The van der Waals surface area contributed by atoms with Crippen molar-refractivity contribution in [1.29, 1.82) is 0 Å². The van der Waals surface area contributed by atoms with E-state index in [1.165, 1.54) is 0 Å². The van der Waals surface area contributed by atoms with Crippen molar-refractivity contribution in [2.75, 3.05) is 44.7 Å². The van der Waals surface area contributed by atoms with Crippen LogP contribution < -0.4 is 9.64 Å². The zero-order chi connectivity index (χ0) is 26.4. The maximum atomic E-state index is 13.2. The van der Waals surface area contributed by atoms with Gasteiger partial charge in [0, 0.05) is 48.4 Å². The van der Waals surface area contributed by atoms with Gasteiger partial charge in [-0.25, -0.2) is 0 Å². The van der Waals surface area contributed by atoms with Crippen LogP contribution in [0.5, 0.6) is 5.75 Å². The van der Waals surface area contributed by atoms with Crippen LogP contribution in [0.25, 0.3) is 11.3 Å². The number of hydrogen-bond donors (Lipinski definition) is 0. The number of carbonyl (C=O) groups is 2. The molecule has 0 aliphatic carbocycles. The summed E-state index contributed by atoms with van der Waals surface area (Å²) >= 11 is 5.97. The first kappa shape index (κ1) is 26.4. The number of hydrogen-bond acceptors (Lipinski definition) is 6. The monoisotopic (exact) mass is 521 g/mol. The molecule has 0 saturated carbocycles. The molecule has 194 valence electrons. The standard InChI is InChI=1S/C28H32ClN5O3/c1-4-20(2)34(28(36)21-8-10-23(29)11-9-21)19-27(35)33-16-14-32(15-17-33)26-13-12-25(30-31-26)22-6-5-7-24(18-22)37-3/h5-13,18,20H,4,14-17,19H2,1-3H3/t20-/m1/s1. The molecule has 0 bridgehead atoms. The molecular formula is C28H32ClN5O3. The number of nitrogens with zero attached hydrogens (tertiary/aromatic N) is 5. The van der Waals surface area contributed by atoms with E-state index in [2.05, 4.69) is 15.1 Å². The molecule has 3 aromatic rings. The number of benzene rings is 2. The van der Waals surface area contributed by atoms with Crippen LogP contribution >= 0.6 is 11.6 Å². The predicted octanol–water partition coefficient (Wildman–Crippen LogP) is 4.40. The third kappa shape index (κ3) is 6.38. The Bertz CT molecular complexity index is 1210. The van der Waals surface area contributed by atoms with Crippen LogP contribution in [0, 0.1) is 0 Å². The van der Waals surface area contributed by atoms with E-state index in [1.54, 1.807) is 36.3 Å². The minimum atomic E-state index is -0.163. The van der Waals surface area contributed by atoms with Crippen LogP contribution in [-0.4, -0.2) is 77.7 Å². The number of rotatable bonds is 8. The first-order chi connectivity index (χ1) is 17.9. The number of aromatic nitrogens is 2. The molecule has 1 saturated heterocycles. The van der Waals surface area contributed by atoms with Crippen molar-refractivity contribution in [3.05, 3.63) is 71.2 Å². The number of piperazine rings is 1. The van der Waals surface area contributed by atoms with E-state index in [0.29, 0.717) is 36.8 Å². The third-order valence-electron chi connectivity index (χ3n) is 6.75. The molecule has 1 aromatic heterocycles. The zero-order valence-electron chi connectivity index (χ0n) is 21.4. The fourth-order valence-electron chi connectivity index (χ4n) is 4.27. The van der Waals surface area contributed by atoms with Crippen LogP contribution in [0.3, 0.4) is 0 Å². The lowest BCUT2D eigenvalue weighted by Crippen LogP contribution is -2.53. The Hall–Kier alpha value is -3.65. The first-order valence-corrected chi connectivity index (χ1v) is 12.8. The van der Waals surface area contributed by atoms with Crippen LogP contribution in [0.1, 0.15) is 30.6 Å². The molecule has 0 unspecified atom stereocenters. The van der Waals surface area contributed by atoms with Gasteiger partial charge >= 0.3 is 0 Å². The van der Waals surface area contributed by atoms with E-state index in [4.69, 9.17) is 16.3 Å². The molecule has 2 heterocycles. The highest BCUT2D eigenvalue weighted by Gasteiger charge is 2.28. The topological polar surface area (TPSA) is 78.9 Å². The van der Waals surface area contributed by atoms with E-state index in [1.807, 2.05) is 55.1 Å². The molecule has 1 aliphatic rings. The van der Waals surface area contributed by atoms with Crippen molar-refractivity contribution in [1.82, 2.24) is 20.0 Å². The maximum absolute atomic E-state index is 13.2. The molecule has 1 aliphatic heterocycles. The highest BCUT2D eigenvalue weighted by atomic mass is 35.5. The molecule has 4 rings (SSSR count). The second-order valence-electron chi connectivity index (χ2n) is 9.07. The summed E-state index contributed by atoms with van der Waals surface area (Å²) in [5.41, 5.74) is 2.23. The lowest BCUT2D eigenvalue weighted by molar-refractivity contribution is -0.132. The minimum Gasteiger partial charge on any atom is -0.497 e. The molecule has 8 nitrogen and oxygen atoms in total. The number of ether oxygens (including phenoxy) is 1. The van der Waals surface area contributed by atoms with E-state index in [-0.39, 0.29) is 24.4 Å². The van der Waals surface area contributed by atoms with Crippen LogP contribution in [0.4, 0.5) is 5.82 Å². The van der Waals surface area contributed by atoms with Gasteiger partial charge in [0.05, 0.1) is 12.8 Å². The normalized spacial score (nSPS) is 14.3. The van der Waals surface area contributed by atoms with Gasteiger partial charge in [0.25, 0.3) is 5.91 Å². The van der Waals surface area contributed by atoms with Crippen molar-refractivity contribution >= 4 is 29.2 Å². The molecule has 0 N–H and O–H groups in total. The summed E-state index contributed by atoms with van der Waals surface area (Å²) in [6.07, 6.45) is 0.755. The molecule has 2 aromatic carbocycles. The van der Waals surface area contributed by atoms with Crippen molar-refractivity contribution in [3.8, 4) is 17.0 Å². The molecule has 0 spiro atoms. The van der Waals surface area contributed by atoms with E-state index in [0.717, 1.165) is 29.2 Å². The Morgan fingerprint density at radius 2 is 1.76 bits per heavy atom. The minimum absolute atomic E-state index is 0.0471. The number of halogens is 1. The Morgan fingerprint density at radius 3 is 2.38 bits per heavy atom. The van der Waals surface area contributed by atoms with Gasteiger partial charge in [0.1, 0.15) is 12.3 Å². The van der Waals surface area contributed by atoms with Crippen molar-refractivity contribution < 1.29 is 14.3 Å². The van der Waals surface area contributed by atoms with Crippen LogP contribution in [0.15, 0.2) is 60.7 Å². The Labute approximate surface area is 222 Å². The number of amides is 2. The predicted molar refractivity (Wildman–Crippen MR) is 145 cm³/mol. The molecule has 1 fully saturated rings. The van der Waals surface area contributed by atoms with Crippen molar-refractivity contribution in [2.45, 2.75) is 26.3 Å². The Kier molecular flexibility index (Phi) is 8.61. The average molecular weight is 522 g/mol. The van der Waals surface area contributed by atoms with Crippen molar-refractivity contribution in [3.63, 3.8) is 0 Å². The van der Waals surface area contributed by atoms with Gasteiger partial charge in [-0.2, -0.15) is 0 Å². The van der Waals surface area contributed by atoms with Gasteiger partial charge in [-0.15, -0.1) is 10.2 Å². The summed E-state index contributed by atoms with van der Waals surface area (Å²) in [6.45, 7) is 6.43.